The van der Waals surface area contributed by atoms with Gasteiger partial charge in [-0.1, -0.05) is 30.3 Å². The number of nitrogens with one attached hydrogen (secondary N) is 2. The number of H-pyrrole nitrogens is 1. The Morgan fingerprint density at radius 2 is 2.11 bits per heavy atom. The summed E-state index contributed by atoms with van der Waals surface area (Å²) in [6, 6.07) is 9.86. The molecule has 0 bridgehead atoms. The summed E-state index contributed by atoms with van der Waals surface area (Å²) in [6.07, 6.45) is 5.34. The SMILES string of the molecule is O=C1NCC(c2cnc[nH]2)C1=Cc1ccccc1. The molecule has 1 aromatic heterocycles. The summed E-state index contributed by atoms with van der Waals surface area (Å²) in [4.78, 5) is 19.0. The number of amides is 1. The number of imidazole rings is 1. The molecule has 18 heavy (non-hydrogen) atoms. The number of hydrogen-bond donors (Lipinski definition) is 2. The van der Waals surface area contributed by atoms with Crippen molar-refractivity contribution < 1.29 is 4.79 Å². The molecule has 4 nitrogen and oxygen atoms in total. The number of aromatic amines is 1. The van der Waals surface area contributed by atoms with E-state index < -0.39 is 0 Å². The zero-order valence-electron chi connectivity index (χ0n) is 9.76. The molecule has 0 spiro atoms. The first-order valence-electron chi connectivity index (χ1n) is 5.88. The Morgan fingerprint density at radius 3 is 2.83 bits per heavy atom. The van der Waals surface area contributed by atoms with Gasteiger partial charge < -0.3 is 10.3 Å². The molecule has 2 aromatic rings. The molecule has 2 heterocycles. The lowest BCUT2D eigenvalue weighted by molar-refractivity contribution is -0.116. The zero-order chi connectivity index (χ0) is 12.4. The van der Waals surface area contributed by atoms with Crippen LogP contribution in [0.25, 0.3) is 6.08 Å². The summed E-state index contributed by atoms with van der Waals surface area (Å²) < 4.78 is 0. The highest BCUT2D eigenvalue weighted by Gasteiger charge is 2.30. The molecule has 2 N–H and O–H groups in total. The molecule has 1 amide bonds. The van der Waals surface area contributed by atoms with Gasteiger partial charge in [0.2, 0.25) is 5.91 Å². The first kappa shape index (κ1) is 10.8. The van der Waals surface area contributed by atoms with Crippen molar-refractivity contribution >= 4 is 12.0 Å². The first-order chi connectivity index (χ1) is 8.84. The van der Waals surface area contributed by atoms with Gasteiger partial charge in [0.15, 0.2) is 0 Å². The van der Waals surface area contributed by atoms with Gasteiger partial charge in [-0.15, -0.1) is 0 Å². The van der Waals surface area contributed by atoms with Gasteiger partial charge in [0.1, 0.15) is 0 Å². The minimum Gasteiger partial charge on any atom is -0.351 e. The maximum absolute atomic E-state index is 11.9. The summed E-state index contributed by atoms with van der Waals surface area (Å²) in [7, 11) is 0. The van der Waals surface area contributed by atoms with E-state index in [9.17, 15) is 4.79 Å². The summed E-state index contributed by atoms with van der Waals surface area (Å²) in [5.41, 5.74) is 2.79. The van der Waals surface area contributed by atoms with Crippen LogP contribution < -0.4 is 5.32 Å². The molecule has 1 atom stereocenters. The third kappa shape index (κ3) is 1.93. The lowest BCUT2D eigenvalue weighted by Gasteiger charge is -2.06. The molecule has 0 aliphatic carbocycles. The number of aromatic nitrogens is 2. The molecule has 3 rings (SSSR count). The molecular formula is C14H13N3O. The van der Waals surface area contributed by atoms with Crippen molar-refractivity contribution in [1.29, 1.82) is 0 Å². The Morgan fingerprint density at radius 1 is 1.28 bits per heavy atom. The Labute approximate surface area is 105 Å². The summed E-state index contributed by atoms with van der Waals surface area (Å²) in [5, 5.41) is 2.87. The van der Waals surface area contributed by atoms with E-state index >= 15 is 0 Å². The van der Waals surface area contributed by atoms with Gasteiger partial charge in [0.05, 0.1) is 6.33 Å². The molecule has 1 aliphatic heterocycles. The summed E-state index contributed by atoms with van der Waals surface area (Å²) in [5.74, 6) is 0.0543. The van der Waals surface area contributed by atoms with Gasteiger partial charge in [-0.25, -0.2) is 4.98 Å². The number of carbonyl (C=O) groups is 1. The van der Waals surface area contributed by atoms with Crippen LogP contribution in [0.2, 0.25) is 0 Å². The first-order valence-corrected chi connectivity index (χ1v) is 5.88. The monoisotopic (exact) mass is 239 g/mol. The topological polar surface area (TPSA) is 57.8 Å². The maximum atomic E-state index is 11.9. The molecule has 1 aliphatic rings. The van der Waals surface area contributed by atoms with E-state index in [0.717, 1.165) is 16.8 Å². The highest BCUT2D eigenvalue weighted by atomic mass is 16.2. The van der Waals surface area contributed by atoms with E-state index in [1.54, 1.807) is 12.5 Å². The van der Waals surface area contributed by atoms with Crippen molar-refractivity contribution in [1.82, 2.24) is 15.3 Å². The fourth-order valence-corrected chi connectivity index (χ4v) is 2.19. The molecule has 4 heteroatoms. The van der Waals surface area contributed by atoms with E-state index in [2.05, 4.69) is 15.3 Å². The number of rotatable bonds is 2. The van der Waals surface area contributed by atoms with Crippen LogP contribution in [0, 0.1) is 0 Å². The Balaban J connectivity index is 1.98. The van der Waals surface area contributed by atoms with E-state index in [4.69, 9.17) is 0 Å². The fourth-order valence-electron chi connectivity index (χ4n) is 2.19. The molecule has 1 saturated heterocycles. The molecule has 90 valence electrons. The van der Waals surface area contributed by atoms with Gasteiger partial charge in [0, 0.05) is 29.9 Å². The standard InChI is InChI=1S/C14H13N3O/c18-14-11(6-10-4-2-1-3-5-10)12(7-16-14)13-8-15-9-17-13/h1-6,8-9,12H,7H2,(H,15,17)(H,16,18). The zero-order valence-corrected chi connectivity index (χ0v) is 9.76. The molecule has 1 aromatic carbocycles. The van der Waals surface area contributed by atoms with Crippen LogP contribution in [0.4, 0.5) is 0 Å². The van der Waals surface area contributed by atoms with Crippen molar-refractivity contribution in [2.75, 3.05) is 6.54 Å². The van der Waals surface area contributed by atoms with Crippen LogP contribution in [-0.4, -0.2) is 22.4 Å². The molecule has 1 unspecified atom stereocenters. The van der Waals surface area contributed by atoms with Crippen molar-refractivity contribution in [3.8, 4) is 0 Å². The minimum atomic E-state index is -0.00143. The lowest BCUT2D eigenvalue weighted by Crippen LogP contribution is -2.14. The van der Waals surface area contributed by atoms with Crippen molar-refractivity contribution in [3.63, 3.8) is 0 Å². The Kier molecular flexibility index (Phi) is 2.68. The number of carbonyl (C=O) groups excluding carboxylic acids is 1. The van der Waals surface area contributed by atoms with Crippen molar-refractivity contribution in [3.05, 3.63) is 59.7 Å². The van der Waals surface area contributed by atoms with Gasteiger partial charge in [-0.3, -0.25) is 4.79 Å². The number of benzene rings is 1. The van der Waals surface area contributed by atoms with Gasteiger partial charge >= 0.3 is 0 Å². The molecule has 0 radical (unpaired) electrons. The quantitative estimate of drug-likeness (QED) is 0.784. The van der Waals surface area contributed by atoms with Crippen molar-refractivity contribution in [2.24, 2.45) is 0 Å². The second kappa shape index (κ2) is 4.49. The van der Waals surface area contributed by atoms with E-state index in [0.29, 0.717) is 6.54 Å². The second-order valence-electron chi connectivity index (χ2n) is 4.28. The molecular weight excluding hydrogens is 226 g/mol. The summed E-state index contributed by atoms with van der Waals surface area (Å²) >= 11 is 0. The average molecular weight is 239 g/mol. The Bertz CT molecular complexity index is 572. The fraction of sp³-hybridized carbons (Fsp3) is 0.143. The van der Waals surface area contributed by atoms with Crippen LogP contribution in [0.3, 0.4) is 0 Å². The Hall–Kier alpha value is -2.36. The third-order valence-electron chi connectivity index (χ3n) is 3.12. The lowest BCUT2D eigenvalue weighted by atomic mass is 9.97. The van der Waals surface area contributed by atoms with Gasteiger partial charge in [-0.2, -0.15) is 0 Å². The summed E-state index contributed by atoms with van der Waals surface area (Å²) in [6.45, 7) is 0.625. The minimum absolute atomic E-state index is 0.00143. The van der Waals surface area contributed by atoms with Crippen LogP contribution in [0.5, 0.6) is 0 Å². The normalized spacial score (nSPS) is 21.2. The third-order valence-corrected chi connectivity index (χ3v) is 3.12. The van der Waals surface area contributed by atoms with E-state index in [1.165, 1.54) is 0 Å². The average Bonchev–Trinajstić information content (AvgIpc) is 3.02. The van der Waals surface area contributed by atoms with E-state index in [1.807, 2.05) is 36.4 Å². The number of nitrogens with zero attached hydrogens (tertiary/aromatic N) is 1. The van der Waals surface area contributed by atoms with Gasteiger partial charge in [0.25, 0.3) is 0 Å². The largest absolute Gasteiger partial charge is 0.351 e. The van der Waals surface area contributed by atoms with Crippen LogP contribution in [0.1, 0.15) is 17.2 Å². The molecule has 1 fully saturated rings. The number of hydrogen-bond acceptors (Lipinski definition) is 2. The second-order valence-corrected chi connectivity index (χ2v) is 4.28. The van der Waals surface area contributed by atoms with Gasteiger partial charge in [-0.05, 0) is 11.6 Å². The van der Waals surface area contributed by atoms with E-state index in [-0.39, 0.29) is 11.8 Å². The van der Waals surface area contributed by atoms with Crippen LogP contribution in [0.15, 0.2) is 48.4 Å². The maximum Gasteiger partial charge on any atom is 0.248 e. The van der Waals surface area contributed by atoms with Crippen LogP contribution >= 0.6 is 0 Å². The molecule has 0 saturated carbocycles. The smallest absolute Gasteiger partial charge is 0.248 e. The highest BCUT2D eigenvalue weighted by molar-refractivity contribution is 6.01. The highest BCUT2D eigenvalue weighted by Crippen LogP contribution is 2.28. The predicted octanol–water partition coefficient (Wildman–Crippen LogP) is 1.71. The predicted molar refractivity (Wildman–Crippen MR) is 68.8 cm³/mol. The van der Waals surface area contributed by atoms with Crippen molar-refractivity contribution in [2.45, 2.75) is 5.92 Å². The van der Waals surface area contributed by atoms with Crippen LogP contribution in [-0.2, 0) is 4.79 Å².